The molecule has 1 saturated heterocycles. The number of carbonyl (C=O) groups excluding carboxylic acids is 1. The Hall–Kier alpha value is -1.58. The number of ether oxygens (including phenoxy) is 1. The third-order valence-electron chi connectivity index (χ3n) is 3.98. The second-order valence-electron chi connectivity index (χ2n) is 5.53. The fourth-order valence-electron chi connectivity index (χ4n) is 2.77. The van der Waals surface area contributed by atoms with Crippen molar-refractivity contribution in [3.63, 3.8) is 0 Å². The predicted octanol–water partition coefficient (Wildman–Crippen LogP) is 2.59. The van der Waals surface area contributed by atoms with E-state index in [1.807, 2.05) is 18.0 Å². The zero-order chi connectivity index (χ0) is 14.5. The minimum absolute atomic E-state index is 0.193. The van der Waals surface area contributed by atoms with E-state index in [9.17, 15) is 4.79 Å². The minimum Gasteiger partial charge on any atom is -0.492 e. The molecular formula is C16H24N2O2. The Labute approximate surface area is 121 Å². The Morgan fingerprint density at radius 2 is 2.15 bits per heavy atom. The molecule has 0 spiro atoms. The SMILES string of the molecule is CCOc1cnc(CC2CCN(C(C)=O)CC2)cc1C. The molecule has 20 heavy (non-hydrogen) atoms. The monoisotopic (exact) mass is 276 g/mol. The summed E-state index contributed by atoms with van der Waals surface area (Å²) < 4.78 is 5.52. The van der Waals surface area contributed by atoms with Gasteiger partial charge in [0, 0.05) is 25.7 Å². The summed E-state index contributed by atoms with van der Waals surface area (Å²) in [7, 11) is 0. The number of carbonyl (C=O) groups is 1. The second kappa shape index (κ2) is 6.73. The van der Waals surface area contributed by atoms with Crippen molar-refractivity contribution in [3.05, 3.63) is 23.5 Å². The summed E-state index contributed by atoms with van der Waals surface area (Å²) in [5.74, 6) is 1.71. The molecule has 0 atom stereocenters. The van der Waals surface area contributed by atoms with Crippen molar-refractivity contribution in [2.24, 2.45) is 5.92 Å². The number of pyridine rings is 1. The van der Waals surface area contributed by atoms with E-state index in [0.717, 1.165) is 49.4 Å². The Morgan fingerprint density at radius 1 is 1.45 bits per heavy atom. The van der Waals surface area contributed by atoms with Gasteiger partial charge in [-0.3, -0.25) is 9.78 Å². The first kappa shape index (κ1) is 14.8. The molecule has 1 aromatic rings. The van der Waals surface area contributed by atoms with Crippen LogP contribution in [0.25, 0.3) is 0 Å². The first-order valence-corrected chi connectivity index (χ1v) is 7.44. The highest BCUT2D eigenvalue weighted by molar-refractivity contribution is 5.73. The zero-order valence-electron chi connectivity index (χ0n) is 12.7. The summed E-state index contributed by atoms with van der Waals surface area (Å²) in [5, 5.41) is 0. The third-order valence-corrected chi connectivity index (χ3v) is 3.98. The van der Waals surface area contributed by atoms with E-state index in [0.29, 0.717) is 12.5 Å². The normalized spacial score (nSPS) is 16.2. The number of aryl methyl sites for hydroxylation is 1. The topological polar surface area (TPSA) is 42.4 Å². The molecule has 2 heterocycles. The van der Waals surface area contributed by atoms with Crippen LogP contribution in [-0.4, -0.2) is 35.5 Å². The first-order chi connectivity index (χ1) is 9.60. The number of likely N-dealkylation sites (tertiary alicyclic amines) is 1. The fourth-order valence-corrected chi connectivity index (χ4v) is 2.77. The molecule has 1 aliphatic rings. The highest BCUT2D eigenvalue weighted by Crippen LogP contribution is 2.23. The fraction of sp³-hybridized carbons (Fsp3) is 0.625. The molecule has 1 aliphatic heterocycles. The van der Waals surface area contributed by atoms with Crippen LogP contribution in [0.1, 0.15) is 37.9 Å². The zero-order valence-corrected chi connectivity index (χ0v) is 12.7. The summed E-state index contributed by atoms with van der Waals surface area (Å²) in [6, 6.07) is 2.13. The molecule has 4 heteroatoms. The maximum Gasteiger partial charge on any atom is 0.219 e. The Kier molecular flexibility index (Phi) is 4.99. The van der Waals surface area contributed by atoms with Gasteiger partial charge < -0.3 is 9.64 Å². The van der Waals surface area contributed by atoms with Crippen LogP contribution in [0, 0.1) is 12.8 Å². The van der Waals surface area contributed by atoms with Gasteiger partial charge >= 0.3 is 0 Å². The van der Waals surface area contributed by atoms with Gasteiger partial charge in [0.15, 0.2) is 0 Å². The van der Waals surface area contributed by atoms with Crippen molar-refractivity contribution in [2.75, 3.05) is 19.7 Å². The molecule has 1 aromatic heterocycles. The largest absolute Gasteiger partial charge is 0.492 e. The number of amides is 1. The van der Waals surface area contributed by atoms with Crippen molar-refractivity contribution in [1.82, 2.24) is 9.88 Å². The quantitative estimate of drug-likeness (QED) is 0.849. The number of piperidine rings is 1. The maximum atomic E-state index is 11.3. The van der Waals surface area contributed by atoms with Crippen LogP contribution in [0.3, 0.4) is 0 Å². The van der Waals surface area contributed by atoms with Crippen LogP contribution in [0.4, 0.5) is 0 Å². The van der Waals surface area contributed by atoms with Crippen molar-refractivity contribution in [3.8, 4) is 5.75 Å². The Bertz CT molecular complexity index is 466. The number of rotatable bonds is 4. The molecule has 0 aromatic carbocycles. The van der Waals surface area contributed by atoms with Gasteiger partial charge in [-0.2, -0.15) is 0 Å². The van der Waals surface area contributed by atoms with Crippen LogP contribution < -0.4 is 4.74 Å². The van der Waals surface area contributed by atoms with Crippen molar-refractivity contribution in [2.45, 2.75) is 40.0 Å². The van der Waals surface area contributed by atoms with Crippen molar-refractivity contribution in [1.29, 1.82) is 0 Å². The summed E-state index contributed by atoms with van der Waals surface area (Å²) in [5.41, 5.74) is 2.28. The Balaban J connectivity index is 1.91. The molecule has 1 amide bonds. The van der Waals surface area contributed by atoms with Gasteiger partial charge in [-0.1, -0.05) is 0 Å². The lowest BCUT2D eigenvalue weighted by Crippen LogP contribution is -2.37. The highest BCUT2D eigenvalue weighted by atomic mass is 16.5. The predicted molar refractivity (Wildman–Crippen MR) is 78.8 cm³/mol. The van der Waals surface area contributed by atoms with Gasteiger partial charge in [0.25, 0.3) is 0 Å². The molecular weight excluding hydrogens is 252 g/mol. The number of hydrogen-bond donors (Lipinski definition) is 0. The molecule has 4 nitrogen and oxygen atoms in total. The van der Waals surface area contributed by atoms with Gasteiger partial charge in [0.05, 0.1) is 12.8 Å². The molecule has 2 rings (SSSR count). The highest BCUT2D eigenvalue weighted by Gasteiger charge is 2.21. The van der Waals surface area contributed by atoms with E-state index in [1.165, 1.54) is 0 Å². The van der Waals surface area contributed by atoms with Gasteiger partial charge in [-0.05, 0) is 50.7 Å². The average molecular weight is 276 g/mol. The van der Waals surface area contributed by atoms with E-state index >= 15 is 0 Å². The van der Waals surface area contributed by atoms with Crippen molar-refractivity contribution >= 4 is 5.91 Å². The summed E-state index contributed by atoms with van der Waals surface area (Å²) in [6.45, 7) is 8.14. The number of hydrogen-bond acceptors (Lipinski definition) is 3. The molecule has 110 valence electrons. The summed E-state index contributed by atoms with van der Waals surface area (Å²) in [4.78, 5) is 17.7. The van der Waals surface area contributed by atoms with Gasteiger partial charge in [0.1, 0.15) is 5.75 Å². The second-order valence-corrected chi connectivity index (χ2v) is 5.53. The smallest absolute Gasteiger partial charge is 0.219 e. The minimum atomic E-state index is 0.193. The van der Waals surface area contributed by atoms with Crippen molar-refractivity contribution < 1.29 is 9.53 Å². The molecule has 1 fully saturated rings. The molecule has 0 N–H and O–H groups in total. The Morgan fingerprint density at radius 3 is 2.70 bits per heavy atom. The first-order valence-electron chi connectivity index (χ1n) is 7.44. The van der Waals surface area contributed by atoms with Crippen LogP contribution in [-0.2, 0) is 11.2 Å². The van der Waals surface area contributed by atoms with E-state index in [1.54, 1.807) is 6.92 Å². The molecule has 0 aliphatic carbocycles. The van der Waals surface area contributed by atoms with Gasteiger partial charge in [0.2, 0.25) is 5.91 Å². The van der Waals surface area contributed by atoms with Crippen LogP contribution in [0.5, 0.6) is 5.75 Å². The lowest BCUT2D eigenvalue weighted by molar-refractivity contribution is -0.130. The lowest BCUT2D eigenvalue weighted by Gasteiger charge is -2.31. The standard InChI is InChI=1S/C16H24N2O2/c1-4-20-16-11-17-15(9-12(16)2)10-14-5-7-18(8-6-14)13(3)19/h9,11,14H,4-8,10H2,1-3H3. The van der Waals surface area contributed by atoms with Crippen LogP contribution in [0.2, 0.25) is 0 Å². The molecule has 0 bridgehead atoms. The number of nitrogens with zero attached hydrogens (tertiary/aromatic N) is 2. The summed E-state index contributed by atoms with van der Waals surface area (Å²) in [6.07, 6.45) is 4.99. The van der Waals surface area contributed by atoms with Crippen LogP contribution in [0.15, 0.2) is 12.3 Å². The van der Waals surface area contributed by atoms with E-state index in [-0.39, 0.29) is 5.91 Å². The average Bonchev–Trinajstić information content (AvgIpc) is 2.42. The third kappa shape index (κ3) is 3.71. The molecule has 0 saturated carbocycles. The number of aromatic nitrogens is 1. The van der Waals surface area contributed by atoms with Crippen LogP contribution >= 0.6 is 0 Å². The lowest BCUT2D eigenvalue weighted by atomic mass is 9.91. The maximum absolute atomic E-state index is 11.3. The van der Waals surface area contributed by atoms with Gasteiger partial charge in [-0.25, -0.2) is 0 Å². The molecule has 0 unspecified atom stereocenters. The van der Waals surface area contributed by atoms with E-state index < -0.39 is 0 Å². The van der Waals surface area contributed by atoms with E-state index in [2.05, 4.69) is 18.0 Å². The summed E-state index contributed by atoms with van der Waals surface area (Å²) >= 11 is 0. The van der Waals surface area contributed by atoms with E-state index in [4.69, 9.17) is 4.74 Å². The molecule has 0 radical (unpaired) electrons. The van der Waals surface area contributed by atoms with Gasteiger partial charge in [-0.15, -0.1) is 0 Å².